The van der Waals surface area contributed by atoms with Gasteiger partial charge in [0.15, 0.2) is 17.6 Å². The summed E-state index contributed by atoms with van der Waals surface area (Å²) in [7, 11) is 1.31. The largest absolute Gasteiger partial charge is 0.464 e. The fourth-order valence-electron chi connectivity index (χ4n) is 1.27. The van der Waals surface area contributed by atoms with Gasteiger partial charge in [0.1, 0.15) is 5.75 Å². The Morgan fingerprint density at radius 2 is 2.24 bits per heavy atom. The summed E-state index contributed by atoms with van der Waals surface area (Å²) >= 11 is 0. The molecule has 0 saturated heterocycles. The van der Waals surface area contributed by atoms with Gasteiger partial charge in [0.25, 0.3) is 0 Å². The molecule has 0 aliphatic heterocycles. The molecule has 0 saturated carbocycles. The molecule has 0 aliphatic rings. The van der Waals surface area contributed by atoms with Crippen molar-refractivity contribution in [3.05, 3.63) is 48.5 Å². The van der Waals surface area contributed by atoms with Crippen molar-refractivity contribution in [2.45, 2.75) is 0 Å². The average Bonchev–Trinajstić information content (AvgIpc) is 2.39. The van der Waals surface area contributed by atoms with Crippen LogP contribution in [0.1, 0.15) is 10.5 Å². The average molecular weight is 231 g/mol. The summed E-state index contributed by atoms with van der Waals surface area (Å²) in [5.74, 6) is 0.685. The first-order chi connectivity index (χ1) is 8.29. The predicted octanol–water partition coefficient (Wildman–Crippen LogP) is 1.47. The minimum Gasteiger partial charge on any atom is -0.464 e. The van der Waals surface area contributed by atoms with E-state index in [9.17, 15) is 4.79 Å². The minimum atomic E-state index is -0.491. The quantitative estimate of drug-likeness (QED) is 0.750. The van der Waals surface area contributed by atoms with E-state index in [-0.39, 0.29) is 5.69 Å². The molecule has 0 aliphatic carbocycles. The monoisotopic (exact) mass is 231 g/mol. The van der Waals surface area contributed by atoms with Gasteiger partial charge in [-0.25, -0.2) is 14.8 Å². The third kappa shape index (κ3) is 2.78. The van der Waals surface area contributed by atoms with Crippen molar-refractivity contribution in [1.29, 1.82) is 0 Å². The highest BCUT2D eigenvalue weighted by atomic mass is 16.5. The van der Waals surface area contributed by atoms with Gasteiger partial charge in [-0.1, -0.05) is 0 Å². The molecule has 0 radical (unpaired) electrons. The Hall–Kier alpha value is -2.43. The lowest BCUT2D eigenvalue weighted by molar-refractivity contribution is -0.378. The highest BCUT2D eigenvalue weighted by Gasteiger charge is 2.08. The van der Waals surface area contributed by atoms with Crippen LogP contribution in [0.5, 0.6) is 11.5 Å². The van der Waals surface area contributed by atoms with Crippen molar-refractivity contribution in [2.24, 2.45) is 0 Å². The summed E-state index contributed by atoms with van der Waals surface area (Å²) in [5.41, 5.74) is 0.213. The van der Waals surface area contributed by atoms with Crippen molar-refractivity contribution in [2.75, 3.05) is 7.11 Å². The van der Waals surface area contributed by atoms with Crippen molar-refractivity contribution in [3.63, 3.8) is 0 Å². The number of nitrogens with one attached hydrogen (secondary N) is 1. The number of pyridine rings is 2. The number of carbonyl (C=O) groups excluding carboxylic acids is 1. The minimum absolute atomic E-state index is 0.213. The molecule has 0 fully saturated rings. The maximum atomic E-state index is 11.3. The number of methoxy groups -OCH3 is 1. The van der Waals surface area contributed by atoms with Crippen molar-refractivity contribution in [1.82, 2.24) is 4.98 Å². The number of hydrogen-bond donors (Lipinski definition) is 0. The first kappa shape index (κ1) is 11.1. The Bertz CT molecular complexity index is 514. The van der Waals surface area contributed by atoms with E-state index in [4.69, 9.17) is 4.74 Å². The second kappa shape index (κ2) is 5.07. The van der Waals surface area contributed by atoms with Gasteiger partial charge in [-0.2, -0.15) is 0 Å². The molecule has 17 heavy (non-hydrogen) atoms. The van der Waals surface area contributed by atoms with Crippen LogP contribution in [0, 0.1) is 0 Å². The normalized spacial score (nSPS) is 9.71. The van der Waals surface area contributed by atoms with E-state index in [0.29, 0.717) is 11.5 Å². The van der Waals surface area contributed by atoms with Gasteiger partial charge in [0.2, 0.25) is 6.20 Å². The molecule has 2 aromatic heterocycles. The van der Waals surface area contributed by atoms with Crippen LogP contribution in [0.2, 0.25) is 0 Å². The molecule has 0 amide bonds. The Morgan fingerprint density at radius 1 is 1.35 bits per heavy atom. The molecule has 0 spiro atoms. The maximum absolute atomic E-state index is 11.3. The Morgan fingerprint density at radius 3 is 2.94 bits per heavy atom. The van der Waals surface area contributed by atoms with Gasteiger partial charge < -0.3 is 9.47 Å². The van der Waals surface area contributed by atoms with E-state index in [1.807, 2.05) is 6.07 Å². The van der Waals surface area contributed by atoms with Crippen LogP contribution in [0.3, 0.4) is 0 Å². The van der Waals surface area contributed by atoms with Crippen LogP contribution < -0.4 is 9.72 Å². The smallest absolute Gasteiger partial charge is 0.356 e. The van der Waals surface area contributed by atoms with E-state index in [2.05, 4.69) is 14.7 Å². The molecule has 2 heterocycles. The number of aromatic nitrogens is 2. The fraction of sp³-hybridized carbons (Fsp3) is 0.0833. The summed E-state index contributed by atoms with van der Waals surface area (Å²) in [6.07, 6.45) is 4.98. The second-order valence-electron chi connectivity index (χ2n) is 3.21. The van der Waals surface area contributed by atoms with Crippen LogP contribution in [0.15, 0.2) is 42.9 Å². The number of ether oxygens (including phenoxy) is 2. The van der Waals surface area contributed by atoms with Gasteiger partial charge in [0.05, 0.1) is 7.11 Å². The third-order valence-corrected chi connectivity index (χ3v) is 2.04. The first-order valence-electron chi connectivity index (χ1n) is 4.98. The van der Waals surface area contributed by atoms with Crippen molar-refractivity contribution >= 4 is 5.97 Å². The SMILES string of the molecule is COC(=O)c1cc(Oc2ccc[nH+]c2)ccn1. The molecular formula is C12H11N2O3+. The van der Waals surface area contributed by atoms with Gasteiger partial charge in [-0.3, -0.25) is 0 Å². The van der Waals surface area contributed by atoms with Crippen LogP contribution in [0.4, 0.5) is 0 Å². The molecule has 5 heteroatoms. The van der Waals surface area contributed by atoms with Crippen LogP contribution in [-0.2, 0) is 4.74 Å². The maximum Gasteiger partial charge on any atom is 0.356 e. The zero-order valence-corrected chi connectivity index (χ0v) is 9.21. The molecule has 5 nitrogen and oxygen atoms in total. The topological polar surface area (TPSA) is 62.6 Å². The van der Waals surface area contributed by atoms with E-state index in [0.717, 1.165) is 0 Å². The predicted molar refractivity (Wildman–Crippen MR) is 58.6 cm³/mol. The number of hydrogen-bond acceptors (Lipinski definition) is 4. The van der Waals surface area contributed by atoms with E-state index < -0.39 is 5.97 Å². The summed E-state index contributed by atoms with van der Waals surface area (Å²) < 4.78 is 10.1. The van der Waals surface area contributed by atoms with Crippen molar-refractivity contribution in [3.8, 4) is 11.5 Å². The zero-order valence-electron chi connectivity index (χ0n) is 9.21. The number of esters is 1. The molecular weight excluding hydrogens is 220 g/mol. The van der Waals surface area contributed by atoms with Gasteiger partial charge in [-0.05, 0) is 12.1 Å². The lowest BCUT2D eigenvalue weighted by atomic mass is 10.3. The number of H-pyrrole nitrogens is 1. The van der Waals surface area contributed by atoms with E-state index >= 15 is 0 Å². The molecule has 0 aromatic carbocycles. The number of nitrogens with zero attached hydrogens (tertiary/aromatic N) is 1. The Labute approximate surface area is 98.0 Å². The molecule has 2 aromatic rings. The second-order valence-corrected chi connectivity index (χ2v) is 3.21. The molecule has 0 atom stereocenters. The highest BCUT2D eigenvalue weighted by Crippen LogP contribution is 2.19. The van der Waals surface area contributed by atoms with Crippen LogP contribution >= 0.6 is 0 Å². The molecule has 0 unspecified atom stereocenters. The Kier molecular flexibility index (Phi) is 3.30. The summed E-state index contributed by atoms with van der Waals surface area (Å²) in [6.45, 7) is 0. The Balaban J connectivity index is 2.20. The molecule has 2 rings (SSSR count). The third-order valence-electron chi connectivity index (χ3n) is 2.04. The lowest BCUT2D eigenvalue weighted by Crippen LogP contribution is -2.04. The van der Waals surface area contributed by atoms with Crippen LogP contribution in [-0.4, -0.2) is 18.1 Å². The van der Waals surface area contributed by atoms with Crippen molar-refractivity contribution < 1.29 is 19.3 Å². The van der Waals surface area contributed by atoms with Gasteiger partial charge >= 0.3 is 5.97 Å². The number of aromatic amines is 1. The zero-order chi connectivity index (χ0) is 12.1. The van der Waals surface area contributed by atoms with Gasteiger partial charge in [-0.15, -0.1) is 0 Å². The summed E-state index contributed by atoms with van der Waals surface area (Å²) in [4.78, 5) is 18.1. The molecule has 1 N–H and O–H groups in total. The number of carbonyl (C=O) groups is 1. The standard InChI is InChI=1S/C12H10N2O3/c1-16-12(15)11-7-9(4-6-14-11)17-10-3-2-5-13-8-10/h2-8H,1H3/p+1. The van der Waals surface area contributed by atoms with E-state index in [1.165, 1.54) is 19.4 Å². The lowest BCUT2D eigenvalue weighted by Gasteiger charge is -2.04. The van der Waals surface area contributed by atoms with E-state index in [1.54, 1.807) is 24.5 Å². The van der Waals surface area contributed by atoms with Gasteiger partial charge in [0, 0.05) is 18.3 Å². The fourth-order valence-corrected chi connectivity index (χ4v) is 1.27. The number of rotatable bonds is 3. The first-order valence-corrected chi connectivity index (χ1v) is 4.98. The summed E-state index contributed by atoms with van der Waals surface area (Å²) in [5, 5.41) is 0. The van der Waals surface area contributed by atoms with Crippen LogP contribution in [0.25, 0.3) is 0 Å². The highest BCUT2D eigenvalue weighted by molar-refractivity contribution is 5.87. The molecule has 86 valence electrons. The summed E-state index contributed by atoms with van der Waals surface area (Å²) in [6, 6.07) is 6.81. The molecule has 0 bridgehead atoms.